The van der Waals surface area contributed by atoms with E-state index < -0.39 is 5.97 Å². The highest BCUT2D eigenvalue weighted by atomic mass is 79.9. The van der Waals surface area contributed by atoms with E-state index in [-0.39, 0.29) is 12.3 Å². The quantitative estimate of drug-likeness (QED) is 0.863. The third-order valence-corrected chi connectivity index (χ3v) is 5.53. The van der Waals surface area contributed by atoms with Gasteiger partial charge >= 0.3 is 5.97 Å². The van der Waals surface area contributed by atoms with E-state index in [1.165, 1.54) is 22.1 Å². The maximum absolute atomic E-state index is 11.1. The van der Waals surface area contributed by atoms with E-state index in [0.717, 1.165) is 23.1 Å². The highest BCUT2D eigenvalue weighted by Crippen LogP contribution is 2.43. The van der Waals surface area contributed by atoms with Crippen LogP contribution >= 0.6 is 15.9 Å². The Morgan fingerprint density at radius 1 is 1.50 bits per heavy atom. The molecule has 1 aliphatic carbocycles. The zero-order chi connectivity index (χ0) is 15.4. The van der Waals surface area contributed by atoms with Gasteiger partial charge in [-0.2, -0.15) is 0 Å². The molecule has 0 saturated heterocycles. The molecule has 2 aromatic rings. The second kappa shape index (κ2) is 4.96. The summed E-state index contributed by atoms with van der Waals surface area (Å²) in [5.41, 5.74) is 5.00. The van der Waals surface area contributed by atoms with Gasteiger partial charge in [0.1, 0.15) is 0 Å². The molecule has 2 heterocycles. The summed E-state index contributed by atoms with van der Waals surface area (Å²) in [6, 6.07) is 6.64. The topological polar surface area (TPSA) is 56.3 Å². The standard InChI is InChI=1S/C17H17BrN2O2/c1-20-8-9(6-15(21)22)5-11-10-3-2-4-13-16(10)12(7-14(11)20)17(18)19-13/h2-5,9,14,19H,6-8H2,1H3,(H,21,22)/t9?,14-/m1/s1. The van der Waals surface area contributed by atoms with E-state index in [1.54, 1.807) is 0 Å². The zero-order valence-electron chi connectivity index (χ0n) is 12.3. The Bertz CT molecular complexity index is 808. The molecule has 0 radical (unpaired) electrons. The number of aromatic nitrogens is 1. The number of H-pyrrole nitrogens is 1. The second-order valence-electron chi connectivity index (χ2n) is 6.29. The van der Waals surface area contributed by atoms with E-state index in [0.29, 0.717) is 6.04 Å². The first-order valence-corrected chi connectivity index (χ1v) is 8.27. The molecule has 5 heteroatoms. The number of hydrogen-bond donors (Lipinski definition) is 2. The molecule has 4 rings (SSSR count). The molecular weight excluding hydrogens is 344 g/mol. The van der Waals surface area contributed by atoms with Crippen molar-refractivity contribution >= 4 is 38.4 Å². The van der Waals surface area contributed by atoms with Crippen LogP contribution in [0.4, 0.5) is 0 Å². The molecule has 2 atom stereocenters. The largest absolute Gasteiger partial charge is 0.481 e. The van der Waals surface area contributed by atoms with Crippen molar-refractivity contribution < 1.29 is 9.90 Å². The van der Waals surface area contributed by atoms with Crippen molar-refractivity contribution in [3.8, 4) is 0 Å². The molecule has 0 bridgehead atoms. The summed E-state index contributed by atoms with van der Waals surface area (Å²) >= 11 is 3.65. The molecule has 22 heavy (non-hydrogen) atoms. The van der Waals surface area contributed by atoms with Gasteiger partial charge < -0.3 is 10.1 Å². The molecule has 0 amide bonds. The Kier molecular flexibility index (Phi) is 3.16. The number of fused-ring (bicyclic) bond motifs is 2. The minimum Gasteiger partial charge on any atom is -0.481 e. The Morgan fingerprint density at radius 3 is 3.09 bits per heavy atom. The van der Waals surface area contributed by atoms with E-state index in [2.05, 4.69) is 57.1 Å². The molecule has 1 unspecified atom stereocenters. The molecule has 1 aromatic heterocycles. The van der Waals surface area contributed by atoms with Crippen LogP contribution in [0.2, 0.25) is 0 Å². The lowest BCUT2D eigenvalue weighted by molar-refractivity contribution is -0.137. The SMILES string of the molecule is CN1CC(CC(=O)O)C=C2c3cccc4[nH]c(Br)c(c34)C[C@H]21. The van der Waals surface area contributed by atoms with Gasteiger partial charge in [0.25, 0.3) is 0 Å². The number of hydrogen-bond acceptors (Lipinski definition) is 2. The maximum Gasteiger partial charge on any atom is 0.303 e. The number of aliphatic carboxylic acids is 1. The first kappa shape index (κ1) is 14.0. The van der Waals surface area contributed by atoms with Crippen molar-refractivity contribution in [3.63, 3.8) is 0 Å². The molecule has 2 aliphatic rings. The normalized spacial score (nSPS) is 24.2. The smallest absolute Gasteiger partial charge is 0.303 e. The number of likely N-dealkylation sites (N-methyl/N-ethyl adjacent to an activating group) is 1. The number of nitrogens with zero attached hydrogens (tertiary/aromatic N) is 1. The summed E-state index contributed by atoms with van der Waals surface area (Å²) in [4.78, 5) is 16.8. The third-order valence-electron chi connectivity index (χ3n) is 4.85. The molecule has 2 N–H and O–H groups in total. The molecule has 0 saturated carbocycles. The monoisotopic (exact) mass is 360 g/mol. The van der Waals surface area contributed by atoms with Gasteiger partial charge in [0.05, 0.1) is 11.0 Å². The fraction of sp³-hybridized carbons (Fsp3) is 0.353. The Labute approximate surface area is 136 Å². The van der Waals surface area contributed by atoms with Crippen LogP contribution in [-0.4, -0.2) is 40.6 Å². The van der Waals surface area contributed by atoms with E-state index >= 15 is 0 Å². The van der Waals surface area contributed by atoms with Gasteiger partial charge in [-0.25, -0.2) is 0 Å². The van der Waals surface area contributed by atoms with Crippen LogP contribution in [0.3, 0.4) is 0 Å². The third kappa shape index (κ3) is 2.03. The number of carboxylic acids is 1. The van der Waals surface area contributed by atoms with Crippen LogP contribution in [-0.2, 0) is 11.2 Å². The number of halogens is 1. The minimum absolute atomic E-state index is 0.0768. The fourth-order valence-corrected chi connectivity index (χ4v) is 4.52. The summed E-state index contributed by atoms with van der Waals surface area (Å²) in [6.45, 7) is 0.799. The van der Waals surface area contributed by atoms with Crippen LogP contribution in [0, 0.1) is 5.92 Å². The number of carboxylic acid groups (broad SMARTS) is 1. The minimum atomic E-state index is -0.729. The first-order chi connectivity index (χ1) is 10.5. The van der Waals surface area contributed by atoms with Gasteiger partial charge in [-0.3, -0.25) is 9.69 Å². The Balaban J connectivity index is 1.90. The van der Waals surface area contributed by atoms with Crippen molar-refractivity contribution in [2.24, 2.45) is 5.92 Å². The van der Waals surface area contributed by atoms with Gasteiger partial charge in [-0.15, -0.1) is 0 Å². The summed E-state index contributed by atoms with van der Waals surface area (Å²) in [6.07, 6.45) is 3.34. The van der Waals surface area contributed by atoms with Crippen LogP contribution in [0.25, 0.3) is 16.5 Å². The van der Waals surface area contributed by atoms with Crippen molar-refractivity contribution in [3.05, 3.63) is 40.0 Å². The number of aromatic amines is 1. The molecular formula is C17H17BrN2O2. The lowest BCUT2D eigenvalue weighted by Gasteiger charge is -2.39. The van der Waals surface area contributed by atoms with Crippen LogP contribution in [0.5, 0.6) is 0 Å². The lowest BCUT2D eigenvalue weighted by atomic mass is 9.79. The number of rotatable bonds is 2. The fourth-order valence-electron chi connectivity index (χ4n) is 3.95. The summed E-state index contributed by atoms with van der Waals surface area (Å²) in [7, 11) is 2.10. The van der Waals surface area contributed by atoms with Crippen LogP contribution < -0.4 is 0 Å². The van der Waals surface area contributed by atoms with Gasteiger partial charge in [-0.05, 0) is 52.2 Å². The van der Waals surface area contributed by atoms with Gasteiger partial charge in [0, 0.05) is 29.4 Å². The average molecular weight is 361 g/mol. The molecule has 0 spiro atoms. The van der Waals surface area contributed by atoms with Crippen molar-refractivity contribution in [2.75, 3.05) is 13.6 Å². The first-order valence-electron chi connectivity index (χ1n) is 7.47. The molecule has 1 aromatic carbocycles. The molecule has 0 fully saturated rings. The Hall–Kier alpha value is -1.59. The molecule has 4 nitrogen and oxygen atoms in total. The zero-order valence-corrected chi connectivity index (χ0v) is 13.9. The Morgan fingerprint density at radius 2 is 2.32 bits per heavy atom. The number of benzene rings is 1. The van der Waals surface area contributed by atoms with Gasteiger partial charge in [-0.1, -0.05) is 18.2 Å². The molecule has 1 aliphatic heterocycles. The van der Waals surface area contributed by atoms with Gasteiger partial charge in [0.15, 0.2) is 0 Å². The second-order valence-corrected chi connectivity index (χ2v) is 7.08. The summed E-state index contributed by atoms with van der Waals surface area (Å²) < 4.78 is 1.06. The predicted molar refractivity (Wildman–Crippen MR) is 89.8 cm³/mol. The van der Waals surface area contributed by atoms with E-state index in [1.807, 2.05) is 0 Å². The number of nitrogens with one attached hydrogen (secondary N) is 1. The van der Waals surface area contributed by atoms with Crippen LogP contribution in [0.15, 0.2) is 28.9 Å². The summed E-state index contributed by atoms with van der Waals surface area (Å²) in [5, 5.41) is 10.4. The average Bonchev–Trinajstić information content (AvgIpc) is 2.77. The predicted octanol–water partition coefficient (Wildman–Crippen LogP) is 3.27. The summed E-state index contributed by atoms with van der Waals surface area (Å²) in [5.74, 6) is -0.652. The number of carbonyl (C=O) groups is 1. The van der Waals surface area contributed by atoms with E-state index in [4.69, 9.17) is 5.11 Å². The highest BCUT2D eigenvalue weighted by Gasteiger charge is 2.35. The van der Waals surface area contributed by atoms with Crippen LogP contribution in [0.1, 0.15) is 17.5 Å². The van der Waals surface area contributed by atoms with Crippen molar-refractivity contribution in [2.45, 2.75) is 18.9 Å². The van der Waals surface area contributed by atoms with E-state index in [9.17, 15) is 4.79 Å². The molecule has 114 valence electrons. The van der Waals surface area contributed by atoms with Gasteiger partial charge in [0.2, 0.25) is 0 Å². The van der Waals surface area contributed by atoms with Crippen molar-refractivity contribution in [1.82, 2.24) is 9.88 Å². The van der Waals surface area contributed by atoms with Crippen molar-refractivity contribution in [1.29, 1.82) is 0 Å². The maximum atomic E-state index is 11.1. The highest BCUT2D eigenvalue weighted by molar-refractivity contribution is 9.10. The lowest BCUT2D eigenvalue weighted by Crippen LogP contribution is -2.42.